The molecule has 1 aliphatic rings. The van der Waals surface area contributed by atoms with Gasteiger partial charge in [0.1, 0.15) is 5.00 Å². The van der Waals surface area contributed by atoms with Crippen LogP contribution in [0, 0.1) is 0 Å². The van der Waals surface area contributed by atoms with Crippen molar-refractivity contribution < 1.29 is 5.11 Å². The van der Waals surface area contributed by atoms with E-state index in [9.17, 15) is 5.11 Å². The molecule has 0 aliphatic heterocycles. The minimum Gasteiger partial charge on any atom is -0.391 e. The summed E-state index contributed by atoms with van der Waals surface area (Å²) in [6.45, 7) is 0.444. The number of hydrogen-bond donors (Lipinski definition) is 3. The zero-order valence-corrected chi connectivity index (χ0v) is 10.9. The zero-order valence-electron chi connectivity index (χ0n) is 9.42. The Kier molecular flexibility index (Phi) is 4.28. The van der Waals surface area contributed by atoms with E-state index in [1.165, 1.54) is 0 Å². The van der Waals surface area contributed by atoms with E-state index in [0.717, 1.165) is 18.4 Å². The lowest BCUT2D eigenvalue weighted by molar-refractivity contribution is 0.165. The molecule has 1 aromatic carbocycles. The molecule has 0 saturated heterocycles. The number of aliphatic hydroxyl groups excluding tert-OH is 1. The molecule has 1 aromatic rings. The molecule has 0 heterocycles. The van der Waals surface area contributed by atoms with Gasteiger partial charge in [0.25, 0.3) is 0 Å². The molecule has 0 spiro atoms. The van der Waals surface area contributed by atoms with E-state index in [-0.39, 0.29) is 5.00 Å². The number of hydrazine groups is 1. The van der Waals surface area contributed by atoms with E-state index in [2.05, 4.69) is 10.9 Å². The number of alkyl halides is 1. The van der Waals surface area contributed by atoms with Crippen molar-refractivity contribution in [1.29, 1.82) is 0 Å². The molecule has 0 radical (unpaired) electrons. The average Bonchev–Trinajstić information content (AvgIpc) is 3.00. The molecule has 0 bridgehead atoms. The van der Waals surface area contributed by atoms with Gasteiger partial charge in [-0.15, -0.1) is 11.6 Å². The Labute approximate surface area is 111 Å². The van der Waals surface area contributed by atoms with Crippen LogP contribution < -0.4 is 10.9 Å². The van der Waals surface area contributed by atoms with Gasteiger partial charge in [0, 0.05) is 18.0 Å². The van der Waals surface area contributed by atoms with Gasteiger partial charge in [0.2, 0.25) is 0 Å². The van der Waals surface area contributed by atoms with Gasteiger partial charge < -0.3 is 5.11 Å². The number of benzene rings is 1. The van der Waals surface area contributed by atoms with Gasteiger partial charge in [-0.1, -0.05) is 29.8 Å². The summed E-state index contributed by atoms with van der Waals surface area (Å²) >= 11 is 12.1. The van der Waals surface area contributed by atoms with E-state index in [1.54, 1.807) is 0 Å². The Morgan fingerprint density at radius 1 is 1.35 bits per heavy atom. The maximum Gasteiger partial charge on any atom is 0.106 e. The van der Waals surface area contributed by atoms with Crippen LogP contribution >= 0.6 is 23.2 Å². The van der Waals surface area contributed by atoms with Crippen molar-refractivity contribution in [3.05, 3.63) is 34.9 Å². The summed E-state index contributed by atoms with van der Waals surface area (Å²) in [5.74, 6) is 0. The second-order valence-electron chi connectivity index (χ2n) is 4.42. The molecular formula is C12H16Cl2N2O. The smallest absolute Gasteiger partial charge is 0.106 e. The maximum atomic E-state index is 9.84. The van der Waals surface area contributed by atoms with Crippen LogP contribution in [0.2, 0.25) is 5.02 Å². The van der Waals surface area contributed by atoms with Gasteiger partial charge in [0.05, 0.1) is 6.10 Å². The van der Waals surface area contributed by atoms with Crippen molar-refractivity contribution >= 4 is 23.2 Å². The van der Waals surface area contributed by atoms with E-state index in [0.29, 0.717) is 18.0 Å². The largest absolute Gasteiger partial charge is 0.391 e. The molecule has 5 heteroatoms. The summed E-state index contributed by atoms with van der Waals surface area (Å²) in [7, 11) is 0. The Bertz CT molecular complexity index is 383. The predicted octanol–water partition coefficient (Wildman–Crippen LogP) is 2.07. The van der Waals surface area contributed by atoms with Crippen LogP contribution in [0.1, 0.15) is 18.4 Å². The SMILES string of the molecule is OC(CNNC1(Cl)CC1)Cc1ccccc1Cl. The molecule has 3 nitrogen and oxygen atoms in total. The summed E-state index contributed by atoms with van der Waals surface area (Å²) in [6, 6.07) is 7.54. The van der Waals surface area contributed by atoms with Crippen LogP contribution in [0.25, 0.3) is 0 Å². The number of aliphatic hydroxyl groups is 1. The molecule has 2 rings (SSSR count). The molecule has 17 heavy (non-hydrogen) atoms. The lowest BCUT2D eigenvalue weighted by Crippen LogP contribution is -2.43. The third-order valence-electron chi connectivity index (χ3n) is 2.75. The van der Waals surface area contributed by atoms with Gasteiger partial charge >= 0.3 is 0 Å². The fourth-order valence-electron chi connectivity index (χ4n) is 1.55. The molecule has 0 aromatic heterocycles. The normalized spacial score (nSPS) is 19.0. The molecule has 1 unspecified atom stereocenters. The minimum atomic E-state index is -0.485. The molecule has 1 saturated carbocycles. The van der Waals surface area contributed by atoms with Gasteiger partial charge in [0.15, 0.2) is 0 Å². The summed E-state index contributed by atoms with van der Waals surface area (Å²) in [4.78, 5) is -0.288. The third-order valence-corrected chi connectivity index (χ3v) is 3.59. The fraction of sp³-hybridized carbons (Fsp3) is 0.500. The minimum absolute atomic E-state index is 0.288. The van der Waals surface area contributed by atoms with Crippen LogP contribution in [0.15, 0.2) is 24.3 Å². The first-order valence-electron chi connectivity index (χ1n) is 5.69. The Balaban J connectivity index is 1.73. The number of hydrogen-bond acceptors (Lipinski definition) is 3. The first-order valence-corrected chi connectivity index (χ1v) is 6.45. The number of rotatable bonds is 6. The molecule has 1 fully saturated rings. The summed E-state index contributed by atoms with van der Waals surface area (Å²) in [5, 5.41) is 10.5. The van der Waals surface area contributed by atoms with Crippen molar-refractivity contribution in [2.75, 3.05) is 6.54 Å². The van der Waals surface area contributed by atoms with E-state index in [4.69, 9.17) is 23.2 Å². The van der Waals surface area contributed by atoms with E-state index < -0.39 is 6.10 Å². The van der Waals surface area contributed by atoms with E-state index in [1.807, 2.05) is 24.3 Å². The summed E-state index contributed by atoms with van der Waals surface area (Å²) in [6.07, 6.45) is 1.97. The molecule has 1 atom stereocenters. The topological polar surface area (TPSA) is 44.3 Å². The van der Waals surface area contributed by atoms with Gasteiger partial charge in [-0.25, -0.2) is 5.43 Å². The highest BCUT2D eigenvalue weighted by Crippen LogP contribution is 2.38. The van der Waals surface area contributed by atoms with Crippen molar-refractivity contribution in [2.45, 2.75) is 30.4 Å². The Morgan fingerprint density at radius 3 is 2.71 bits per heavy atom. The quantitative estimate of drug-likeness (QED) is 0.423. The molecule has 1 aliphatic carbocycles. The summed E-state index contributed by atoms with van der Waals surface area (Å²) in [5.41, 5.74) is 6.89. The van der Waals surface area contributed by atoms with E-state index >= 15 is 0 Å². The first kappa shape index (κ1) is 13.1. The van der Waals surface area contributed by atoms with Crippen LogP contribution in [-0.4, -0.2) is 22.8 Å². The molecule has 3 N–H and O–H groups in total. The average molecular weight is 275 g/mol. The predicted molar refractivity (Wildman–Crippen MR) is 70.1 cm³/mol. The highest BCUT2D eigenvalue weighted by molar-refractivity contribution is 6.31. The van der Waals surface area contributed by atoms with Crippen LogP contribution in [0.4, 0.5) is 0 Å². The van der Waals surface area contributed by atoms with Gasteiger partial charge in [-0.3, -0.25) is 5.43 Å². The monoisotopic (exact) mass is 274 g/mol. The van der Waals surface area contributed by atoms with Crippen molar-refractivity contribution in [2.24, 2.45) is 0 Å². The third kappa shape index (κ3) is 4.12. The van der Waals surface area contributed by atoms with Crippen LogP contribution in [0.3, 0.4) is 0 Å². The Morgan fingerprint density at radius 2 is 2.06 bits per heavy atom. The number of nitrogens with one attached hydrogen (secondary N) is 2. The zero-order chi connectivity index (χ0) is 12.3. The van der Waals surface area contributed by atoms with Crippen molar-refractivity contribution in [3.8, 4) is 0 Å². The lowest BCUT2D eigenvalue weighted by atomic mass is 10.1. The molecular weight excluding hydrogens is 259 g/mol. The number of halogens is 2. The van der Waals surface area contributed by atoms with Crippen molar-refractivity contribution in [1.82, 2.24) is 10.9 Å². The van der Waals surface area contributed by atoms with Gasteiger partial charge in [-0.2, -0.15) is 0 Å². The molecule has 0 amide bonds. The molecule has 94 valence electrons. The lowest BCUT2D eigenvalue weighted by Gasteiger charge is -2.15. The second-order valence-corrected chi connectivity index (χ2v) is 5.55. The second kappa shape index (κ2) is 5.55. The highest BCUT2D eigenvalue weighted by atomic mass is 35.5. The summed E-state index contributed by atoms with van der Waals surface area (Å²) < 4.78 is 0. The van der Waals surface area contributed by atoms with Gasteiger partial charge in [-0.05, 0) is 24.5 Å². The maximum absolute atomic E-state index is 9.84. The Hall–Kier alpha value is -0.320. The first-order chi connectivity index (χ1) is 8.09. The standard InChI is InChI=1S/C12H16Cl2N2O/c13-11-4-2-1-3-9(11)7-10(17)8-15-16-12(14)5-6-12/h1-4,10,15-17H,5-8H2. The highest BCUT2D eigenvalue weighted by Gasteiger charge is 2.40. The van der Waals surface area contributed by atoms with Crippen molar-refractivity contribution in [3.63, 3.8) is 0 Å². The fourth-order valence-corrected chi connectivity index (χ4v) is 1.93. The van der Waals surface area contributed by atoms with Crippen LogP contribution in [0.5, 0.6) is 0 Å². The van der Waals surface area contributed by atoms with Crippen LogP contribution in [-0.2, 0) is 6.42 Å².